The molecule has 4 heavy (non-hydrogen) atoms. The van der Waals surface area contributed by atoms with Gasteiger partial charge in [0, 0.05) is 0 Å². The van der Waals surface area contributed by atoms with Crippen LogP contribution < -0.4 is 18.9 Å². The third kappa shape index (κ3) is 8.94. The van der Waals surface area contributed by atoms with E-state index in [9.17, 15) is 0 Å². The first-order valence-electron chi connectivity index (χ1n) is 0. The van der Waals surface area contributed by atoms with E-state index in [0.29, 0.717) is 0 Å². The Labute approximate surface area is 81.7 Å². The maximum atomic E-state index is 0. The molecule has 4 N–H and O–H groups in total. The van der Waals surface area contributed by atoms with Crippen LogP contribution in [-0.4, -0.2) is 59.8 Å². The van der Waals surface area contributed by atoms with Crippen molar-refractivity contribution in [3.8, 4) is 0 Å². The molecule has 0 radical (unpaired) electrons. The van der Waals surface area contributed by atoms with E-state index in [1.807, 2.05) is 0 Å². The molecule has 0 aliphatic heterocycles. The third-order valence-corrected chi connectivity index (χ3v) is 0. The molecule has 0 spiro atoms. The molecular weight excluding hydrogens is 176 g/mol. The molecule has 0 aliphatic carbocycles. The summed E-state index contributed by atoms with van der Waals surface area (Å²) < 4.78 is 0. The second-order valence-electron chi connectivity index (χ2n) is 0. The molecule has 0 aromatic carbocycles. The monoisotopic (exact) mass is 184 g/mol. The van der Waals surface area contributed by atoms with Gasteiger partial charge in [0.15, 0.2) is 0 Å². The zero-order chi connectivity index (χ0) is 0. The Morgan fingerprint density at radius 1 is 1.00 bits per heavy atom. The molecule has 0 bridgehead atoms. The molecule has 0 atom stereocenters. The van der Waals surface area contributed by atoms with Gasteiger partial charge in [-0.05, 0) is 0 Å². The Morgan fingerprint density at radius 3 is 1.00 bits per heavy atom. The van der Waals surface area contributed by atoms with Crippen molar-refractivity contribution in [2.45, 2.75) is 0 Å². The SMILES string of the molecule is O.O.[Ba+2].[H-].[H-].[H-].[Li+]. The second-order valence-corrected chi connectivity index (χ2v) is 0. The zero-order valence-corrected chi connectivity index (χ0v) is 7.15. The summed E-state index contributed by atoms with van der Waals surface area (Å²) in [5.41, 5.74) is 0. The van der Waals surface area contributed by atoms with E-state index in [1.54, 1.807) is 0 Å². The Balaban J connectivity index is 0. The zero-order valence-electron chi connectivity index (χ0n) is 5.71. The maximum Gasteiger partial charge on any atom is 2.00 e. The van der Waals surface area contributed by atoms with E-state index in [-0.39, 0.29) is 83.0 Å². The van der Waals surface area contributed by atoms with Crippen LogP contribution in [-0.2, 0) is 0 Å². The van der Waals surface area contributed by atoms with Crippen molar-refractivity contribution >= 4 is 48.9 Å². The van der Waals surface area contributed by atoms with Gasteiger partial charge in [0.2, 0.25) is 0 Å². The molecule has 0 fully saturated rings. The molecule has 0 unspecified atom stereocenters. The van der Waals surface area contributed by atoms with Gasteiger partial charge >= 0.3 is 67.7 Å². The topological polar surface area (TPSA) is 63.0 Å². The van der Waals surface area contributed by atoms with E-state index in [4.69, 9.17) is 0 Å². The van der Waals surface area contributed by atoms with Crippen molar-refractivity contribution in [2.75, 3.05) is 0 Å². The Bertz CT molecular complexity index is 12.9. The average Bonchev–Trinajstić information content (AvgIpc) is 0. The van der Waals surface area contributed by atoms with Crippen LogP contribution in [0.3, 0.4) is 0 Å². The summed E-state index contributed by atoms with van der Waals surface area (Å²) in [5.74, 6) is 0. The fraction of sp³-hybridized carbons (Fsp3) is 0. The standard InChI is InChI=1S/Ba.Li.2H2O.3H/h;;2*1H2;;;/q+2;+1;;;3*-1. The summed E-state index contributed by atoms with van der Waals surface area (Å²) in [4.78, 5) is 0. The fourth-order valence-electron chi connectivity index (χ4n) is 0. The van der Waals surface area contributed by atoms with Gasteiger partial charge in [-0.1, -0.05) is 0 Å². The minimum Gasteiger partial charge on any atom is -1.00 e. The van der Waals surface area contributed by atoms with Gasteiger partial charge in [-0.15, -0.1) is 0 Å². The molecule has 0 saturated heterocycles. The fourth-order valence-corrected chi connectivity index (χ4v) is 0. The van der Waals surface area contributed by atoms with E-state index in [2.05, 4.69) is 0 Å². The summed E-state index contributed by atoms with van der Waals surface area (Å²) in [6.45, 7) is 0. The first kappa shape index (κ1) is 36.1. The minimum absolute atomic E-state index is 0. The van der Waals surface area contributed by atoms with Crippen LogP contribution in [0, 0.1) is 0 Å². The van der Waals surface area contributed by atoms with Crippen molar-refractivity contribution in [2.24, 2.45) is 0 Å². The number of hydrogen-bond donors (Lipinski definition) is 0. The molecule has 0 heterocycles. The smallest absolute Gasteiger partial charge is 1.00 e. The van der Waals surface area contributed by atoms with Crippen LogP contribution in [0.25, 0.3) is 0 Å². The van der Waals surface area contributed by atoms with Crippen molar-refractivity contribution in [3.63, 3.8) is 0 Å². The third-order valence-electron chi connectivity index (χ3n) is 0. The van der Waals surface area contributed by atoms with Gasteiger partial charge in [0.05, 0.1) is 0 Å². The van der Waals surface area contributed by atoms with Crippen LogP contribution in [0.2, 0.25) is 0 Å². The molecule has 4 heteroatoms. The van der Waals surface area contributed by atoms with Crippen molar-refractivity contribution < 1.29 is 34.1 Å². The first-order valence-corrected chi connectivity index (χ1v) is 0. The second kappa shape index (κ2) is 19.5. The molecule has 2 nitrogen and oxygen atoms in total. The van der Waals surface area contributed by atoms with E-state index >= 15 is 0 Å². The van der Waals surface area contributed by atoms with Crippen LogP contribution >= 0.6 is 0 Å². The summed E-state index contributed by atoms with van der Waals surface area (Å²) in [7, 11) is 0. The van der Waals surface area contributed by atoms with Crippen LogP contribution in [0.4, 0.5) is 0 Å². The van der Waals surface area contributed by atoms with Gasteiger partial charge in [-0.3, -0.25) is 0 Å². The molecule has 0 rings (SSSR count). The summed E-state index contributed by atoms with van der Waals surface area (Å²) in [5, 5.41) is 0. The molecule has 0 aliphatic rings. The minimum atomic E-state index is 0. The summed E-state index contributed by atoms with van der Waals surface area (Å²) >= 11 is 0. The van der Waals surface area contributed by atoms with Crippen LogP contribution in [0.5, 0.6) is 0 Å². The molecule has 0 aromatic heterocycles. The predicted octanol–water partition coefficient (Wildman–Crippen LogP) is -4.69. The van der Waals surface area contributed by atoms with Gasteiger partial charge in [0.1, 0.15) is 0 Å². The molecular formula is H7BaLiO2. The number of hydrogen-bond acceptors (Lipinski definition) is 0. The Morgan fingerprint density at radius 2 is 1.00 bits per heavy atom. The van der Waals surface area contributed by atoms with E-state index < -0.39 is 0 Å². The number of rotatable bonds is 0. The van der Waals surface area contributed by atoms with E-state index in [1.165, 1.54) is 0 Å². The largest absolute Gasteiger partial charge is 2.00 e. The van der Waals surface area contributed by atoms with Gasteiger partial charge in [-0.2, -0.15) is 0 Å². The first-order chi connectivity index (χ1) is 0. The summed E-state index contributed by atoms with van der Waals surface area (Å²) in [6, 6.07) is 0. The predicted molar refractivity (Wildman–Crippen MR) is 16.3 cm³/mol. The average molecular weight is 183 g/mol. The van der Waals surface area contributed by atoms with Gasteiger partial charge < -0.3 is 15.2 Å². The van der Waals surface area contributed by atoms with Gasteiger partial charge in [0.25, 0.3) is 0 Å². The van der Waals surface area contributed by atoms with Crippen molar-refractivity contribution in [1.29, 1.82) is 0 Å². The van der Waals surface area contributed by atoms with Gasteiger partial charge in [-0.25, -0.2) is 0 Å². The maximum absolute atomic E-state index is 0. The molecule has 22 valence electrons. The van der Waals surface area contributed by atoms with E-state index in [0.717, 1.165) is 0 Å². The molecule has 0 aromatic rings. The quantitative estimate of drug-likeness (QED) is 0.339. The van der Waals surface area contributed by atoms with Crippen molar-refractivity contribution in [3.05, 3.63) is 0 Å². The normalized spacial score (nSPS) is 0. The van der Waals surface area contributed by atoms with Crippen LogP contribution in [0.1, 0.15) is 4.28 Å². The summed E-state index contributed by atoms with van der Waals surface area (Å²) in [6.07, 6.45) is 0. The van der Waals surface area contributed by atoms with Crippen LogP contribution in [0.15, 0.2) is 0 Å². The molecule has 0 amide bonds. The Hall–Kier alpha value is 2.09. The van der Waals surface area contributed by atoms with Crippen molar-refractivity contribution in [1.82, 2.24) is 0 Å². The Kier molecular flexibility index (Phi) is 176. The molecule has 0 saturated carbocycles.